The summed E-state index contributed by atoms with van der Waals surface area (Å²) in [7, 11) is 0. The molecule has 0 aromatic heterocycles. The van der Waals surface area contributed by atoms with Crippen molar-refractivity contribution in [1.82, 2.24) is 0 Å². The standard InChI is InChI=1S/C8H16O2.C6H12O2/c1-3-5-6-7(4-2)8(9)10;1-3-5-6(7)8-4-2/h7H,3-6H2,1-2H3,(H,9,10);3-5H2,1-2H3. The number of carbonyl (C=O) groups is 2. The lowest BCUT2D eigenvalue weighted by atomic mass is 10.00. The molecule has 0 aliphatic heterocycles. The van der Waals surface area contributed by atoms with Gasteiger partial charge in [0.2, 0.25) is 0 Å². The van der Waals surface area contributed by atoms with Crippen LogP contribution in [0.4, 0.5) is 0 Å². The Hall–Kier alpha value is -1.06. The summed E-state index contributed by atoms with van der Waals surface area (Å²) < 4.78 is 4.64. The minimum atomic E-state index is -0.643. The molecule has 18 heavy (non-hydrogen) atoms. The molecule has 0 aliphatic rings. The van der Waals surface area contributed by atoms with Gasteiger partial charge in [0, 0.05) is 6.42 Å². The average molecular weight is 260 g/mol. The molecule has 1 atom stereocenters. The first-order chi connectivity index (χ1) is 8.53. The van der Waals surface area contributed by atoms with Crippen molar-refractivity contribution < 1.29 is 19.4 Å². The van der Waals surface area contributed by atoms with Gasteiger partial charge >= 0.3 is 11.9 Å². The van der Waals surface area contributed by atoms with Crippen molar-refractivity contribution in [3.63, 3.8) is 0 Å². The van der Waals surface area contributed by atoms with Crippen LogP contribution >= 0.6 is 0 Å². The molecule has 0 bridgehead atoms. The Morgan fingerprint density at radius 2 is 1.72 bits per heavy atom. The molecule has 0 aromatic rings. The summed E-state index contributed by atoms with van der Waals surface area (Å²) >= 11 is 0. The Kier molecular flexibility index (Phi) is 15.0. The maximum atomic E-state index is 10.4. The van der Waals surface area contributed by atoms with Gasteiger partial charge in [-0.15, -0.1) is 0 Å². The van der Waals surface area contributed by atoms with Crippen molar-refractivity contribution in [2.45, 2.75) is 66.2 Å². The van der Waals surface area contributed by atoms with E-state index in [2.05, 4.69) is 11.7 Å². The monoisotopic (exact) mass is 260 g/mol. The minimum absolute atomic E-state index is 0.0880. The number of unbranched alkanes of at least 4 members (excludes halogenated alkanes) is 1. The van der Waals surface area contributed by atoms with Crippen molar-refractivity contribution >= 4 is 11.9 Å². The molecule has 108 valence electrons. The lowest BCUT2D eigenvalue weighted by Crippen LogP contribution is -2.11. The summed E-state index contributed by atoms with van der Waals surface area (Å²) in [5.74, 6) is -0.842. The van der Waals surface area contributed by atoms with E-state index in [1.54, 1.807) is 0 Å². The lowest BCUT2D eigenvalue weighted by Gasteiger charge is -2.06. The van der Waals surface area contributed by atoms with Crippen LogP contribution < -0.4 is 0 Å². The highest BCUT2D eigenvalue weighted by atomic mass is 16.5. The highest BCUT2D eigenvalue weighted by Crippen LogP contribution is 2.11. The molecule has 0 saturated heterocycles. The van der Waals surface area contributed by atoms with E-state index >= 15 is 0 Å². The van der Waals surface area contributed by atoms with Crippen LogP contribution in [-0.4, -0.2) is 23.7 Å². The summed E-state index contributed by atoms with van der Waals surface area (Å²) in [6.07, 6.45) is 5.14. The third-order valence-electron chi connectivity index (χ3n) is 2.51. The molecule has 4 nitrogen and oxygen atoms in total. The third-order valence-corrected chi connectivity index (χ3v) is 2.51. The zero-order chi connectivity index (χ0) is 14.4. The number of rotatable bonds is 8. The van der Waals surface area contributed by atoms with E-state index in [1.165, 1.54) is 0 Å². The third kappa shape index (κ3) is 13.0. The molecule has 0 saturated carbocycles. The van der Waals surface area contributed by atoms with Crippen molar-refractivity contribution in [3.8, 4) is 0 Å². The van der Waals surface area contributed by atoms with Crippen molar-refractivity contribution in [3.05, 3.63) is 0 Å². The fraction of sp³-hybridized carbons (Fsp3) is 0.857. The van der Waals surface area contributed by atoms with Gasteiger partial charge in [0.15, 0.2) is 0 Å². The first-order valence-electron chi connectivity index (χ1n) is 6.91. The zero-order valence-corrected chi connectivity index (χ0v) is 12.2. The van der Waals surface area contributed by atoms with E-state index < -0.39 is 5.97 Å². The number of carboxylic acid groups (broad SMARTS) is 1. The van der Waals surface area contributed by atoms with E-state index in [9.17, 15) is 9.59 Å². The summed E-state index contributed by atoms with van der Waals surface area (Å²) in [5, 5.41) is 8.60. The van der Waals surface area contributed by atoms with E-state index in [1.807, 2.05) is 20.8 Å². The molecular weight excluding hydrogens is 232 g/mol. The maximum absolute atomic E-state index is 10.4. The summed E-state index contributed by atoms with van der Waals surface area (Å²) in [4.78, 5) is 20.9. The molecular formula is C14H28O4. The maximum Gasteiger partial charge on any atom is 0.306 e. The van der Waals surface area contributed by atoms with Gasteiger partial charge in [0.25, 0.3) is 0 Å². The number of hydrogen-bond donors (Lipinski definition) is 1. The molecule has 0 spiro atoms. The van der Waals surface area contributed by atoms with Crippen LogP contribution in [0.2, 0.25) is 0 Å². The SMILES string of the molecule is CCCC(=O)OCC.CCCCC(CC)C(=O)O. The predicted octanol–water partition coefficient (Wildman–Crippen LogP) is 3.64. The Morgan fingerprint density at radius 3 is 2.06 bits per heavy atom. The van der Waals surface area contributed by atoms with E-state index in [0.717, 1.165) is 32.1 Å². The smallest absolute Gasteiger partial charge is 0.306 e. The number of hydrogen-bond acceptors (Lipinski definition) is 3. The Labute approximate surface area is 111 Å². The van der Waals surface area contributed by atoms with Crippen LogP contribution in [0.3, 0.4) is 0 Å². The Balaban J connectivity index is 0. The number of aliphatic carboxylic acids is 1. The molecule has 0 radical (unpaired) electrons. The van der Waals surface area contributed by atoms with Gasteiger partial charge in [-0.2, -0.15) is 0 Å². The van der Waals surface area contributed by atoms with Gasteiger partial charge in [-0.3, -0.25) is 9.59 Å². The quantitative estimate of drug-likeness (QED) is 0.677. The number of carboxylic acids is 1. The van der Waals surface area contributed by atoms with Crippen LogP contribution in [0.5, 0.6) is 0 Å². The highest BCUT2D eigenvalue weighted by molar-refractivity contribution is 5.69. The van der Waals surface area contributed by atoms with Crippen molar-refractivity contribution in [1.29, 1.82) is 0 Å². The molecule has 0 fully saturated rings. The van der Waals surface area contributed by atoms with Crippen molar-refractivity contribution in [2.75, 3.05) is 6.61 Å². The Morgan fingerprint density at radius 1 is 1.11 bits per heavy atom. The minimum Gasteiger partial charge on any atom is -0.481 e. The molecule has 1 N–H and O–H groups in total. The second-order valence-electron chi connectivity index (χ2n) is 4.14. The van der Waals surface area contributed by atoms with E-state index in [4.69, 9.17) is 5.11 Å². The molecule has 0 rings (SSSR count). The largest absolute Gasteiger partial charge is 0.481 e. The molecule has 0 heterocycles. The van der Waals surface area contributed by atoms with Crippen LogP contribution in [-0.2, 0) is 14.3 Å². The summed E-state index contributed by atoms with van der Waals surface area (Å²) in [6.45, 7) is 8.27. The van der Waals surface area contributed by atoms with Crippen molar-refractivity contribution in [2.24, 2.45) is 5.92 Å². The molecule has 4 heteroatoms. The number of ether oxygens (including phenoxy) is 1. The van der Waals surface area contributed by atoms with E-state index in [0.29, 0.717) is 13.0 Å². The first kappa shape index (κ1) is 19.3. The van der Waals surface area contributed by atoms with Gasteiger partial charge in [-0.05, 0) is 26.2 Å². The highest BCUT2D eigenvalue weighted by Gasteiger charge is 2.12. The first-order valence-corrected chi connectivity index (χ1v) is 6.91. The average Bonchev–Trinajstić information content (AvgIpc) is 2.31. The number of carbonyl (C=O) groups excluding carboxylic acids is 1. The zero-order valence-electron chi connectivity index (χ0n) is 12.2. The van der Waals surface area contributed by atoms with Crippen LogP contribution in [0, 0.1) is 5.92 Å². The van der Waals surface area contributed by atoms with Gasteiger partial charge in [-0.1, -0.05) is 33.6 Å². The predicted molar refractivity (Wildman–Crippen MR) is 72.5 cm³/mol. The fourth-order valence-corrected chi connectivity index (χ4v) is 1.39. The topological polar surface area (TPSA) is 63.6 Å². The van der Waals surface area contributed by atoms with Gasteiger partial charge in [0.1, 0.15) is 0 Å². The second-order valence-corrected chi connectivity index (χ2v) is 4.14. The molecule has 0 aliphatic carbocycles. The summed E-state index contributed by atoms with van der Waals surface area (Å²) in [6, 6.07) is 0. The molecule has 1 unspecified atom stereocenters. The van der Waals surface area contributed by atoms with Gasteiger partial charge in [0.05, 0.1) is 12.5 Å². The lowest BCUT2D eigenvalue weighted by molar-refractivity contribution is -0.143. The van der Waals surface area contributed by atoms with Crippen LogP contribution in [0.15, 0.2) is 0 Å². The van der Waals surface area contributed by atoms with Gasteiger partial charge < -0.3 is 9.84 Å². The normalized spacial score (nSPS) is 11.1. The summed E-state index contributed by atoms with van der Waals surface area (Å²) in [5.41, 5.74) is 0. The molecule has 0 amide bonds. The fourth-order valence-electron chi connectivity index (χ4n) is 1.39. The van der Waals surface area contributed by atoms with E-state index in [-0.39, 0.29) is 11.9 Å². The number of esters is 1. The molecule has 0 aromatic carbocycles. The van der Waals surface area contributed by atoms with Crippen LogP contribution in [0.25, 0.3) is 0 Å². The van der Waals surface area contributed by atoms with Crippen LogP contribution in [0.1, 0.15) is 66.2 Å². The van der Waals surface area contributed by atoms with Gasteiger partial charge in [-0.25, -0.2) is 0 Å². The second kappa shape index (κ2) is 14.0. The Bertz CT molecular complexity index is 206.